The largest absolute Gasteiger partial charge is 0.398 e. The topological polar surface area (TPSA) is 71.2 Å². The van der Waals surface area contributed by atoms with E-state index in [-0.39, 0.29) is 30.7 Å². The molecule has 3 rings (SSSR count). The van der Waals surface area contributed by atoms with Crippen LogP contribution in [0.4, 0.5) is 17.2 Å². The van der Waals surface area contributed by atoms with Crippen molar-refractivity contribution in [3.05, 3.63) is 48.2 Å². The fourth-order valence-corrected chi connectivity index (χ4v) is 2.69. The molecule has 1 aromatic heterocycles. The summed E-state index contributed by atoms with van der Waals surface area (Å²) in [5.41, 5.74) is 7.84. The Morgan fingerprint density at radius 3 is 2.38 bits per heavy atom. The van der Waals surface area contributed by atoms with Crippen molar-refractivity contribution in [3.63, 3.8) is 0 Å². The van der Waals surface area contributed by atoms with Gasteiger partial charge in [0.2, 0.25) is 0 Å². The molecule has 0 spiro atoms. The van der Waals surface area contributed by atoms with Crippen molar-refractivity contribution in [1.82, 2.24) is 4.98 Å². The summed E-state index contributed by atoms with van der Waals surface area (Å²) in [4.78, 5) is 18.8. The second-order valence-corrected chi connectivity index (χ2v) is 5.49. The summed E-state index contributed by atoms with van der Waals surface area (Å²) in [6, 6.07) is 10.8. The molecular formula is C17H22Cl2N4O. The summed E-state index contributed by atoms with van der Waals surface area (Å²) < 4.78 is 0. The third-order valence-corrected chi connectivity index (χ3v) is 3.92. The number of nitrogens with zero attached hydrogens (tertiary/aromatic N) is 2. The number of benzene rings is 1. The van der Waals surface area contributed by atoms with E-state index >= 15 is 0 Å². The Hall–Kier alpha value is -1.98. The highest BCUT2D eigenvalue weighted by atomic mass is 35.5. The number of anilines is 3. The minimum Gasteiger partial charge on any atom is -0.398 e. The average molecular weight is 369 g/mol. The van der Waals surface area contributed by atoms with Crippen LogP contribution in [0.3, 0.4) is 0 Å². The van der Waals surface area contributed by atoms with Crippen molar-refractivity contribution in [2.75, 3.05) is 29.0 Å². The summed E-state index contributed by atoms with van der Waals surface area (Å²) in [5.74, 6) is 0.297. The molecule has 0 aliphatic carbocycles. The molecule has 130 valence electrons. The van der Waals surface area contributed by atoms with E-state index in [1.54, 1.807) is 24.3 Å². The Morgan fingerprint density at radius 2 is 1.75 bits per heavy atom. The van der Waals surface area contributed by atoms with Crippen molar-refractivity contribution in [2.45, 2.75) is 19.3 Å². The molecule has 0 atom stereocenters. The van der Waals surface area contributed by atoms with Crippen molar-refractivity contribution < 1.29 is 4.79 Å². The lowest BCUT2D eigenvalue weighted by atomic mass is 10.1. The van der Waals surface area contributed by atoms with Crippen LogP contribution in [-0.4, -0.2) is 24.0 Å². The van der Waals surface area contributed by atoms with Gasteiger partial charge in [-0.05, 0) is 43.5 Å². The lowest BCUT2D eigenvalue weighted by molar-refractivity contribution is 0.102. The van der Waals surface area contributed by atoms with Gasteiger partial charge in [0, 0.05) is 18.8 Å². The molecule has 1 aliphatic heterocycles. The quantitative estimate of drug-likeness (QED) is 0.809. The number of para-hydroxylation sites is 1. The molecule has 1 amide bonds. The summed E-state index contributed by atoms with van der Waals surface area (Å²) in [5, 5.41) is 2.78. The molecule has 24 heavy (non-hydrogen) atoms. The molecule has 1 saturated heterocycles. The number of carbonyl (C=O) groups is 1. The van der Waals surface area contributed by atoms with E-state index in [1.165, 1.54) is 19.3 Å². The van der Waals surface area contributed by atoms with E-state index in [9.17, 15) is 4.79 Å². The van der Waals surface area contributed by atoms with Gasteiger partial charge in [0.25, 0.3) is 5.91 Å². The Morgan fingerprint density at radius 1 is 1.04 bits per heavy atom. The number of carbonyl (C=O) groups excluding carboxylic acids is 1. The fourth-order valence-electron chi connectivity index (χ4n) is 2.69. The molecular weight excluding hydrogens is 347 g/mol. The van der Waals surface area contributed by atoms with Crippen LogP contribution in [0.2, 0.25) is 0 Å². The number of halogens is 2. The van der Waals surface area contributed by atoms with E-state index < -0.39 is 0 Å². The summed E-state index contributed by atoms with van der Waals surface area (Å²) >= 11 is 0. The SMILES string of the molecule is Cl.Cl.Nc1ccccc1C(=O)Nc1ccc(N2CCCCC2)cn1. The number of amides is 1. The zero-order chi connectivity index (χ0) is 15.4. The standard InChI is InChI=1S/C17H20N4O.2ClH/c18-15-7-3-2-6-14(15)17(22)20-16-9-8-13(12-19-16)21-10-4-1-5-11-21;;/h2-3,6-9,12H,1,4-5,10-11,18H2,(H,19,20,22);2*1H. The van der Waals surface area contributed by atoms with Crippen LogP contribution >= 0.6 is 24.8 Å². The molecule has 0 saturated carbocycles. The van der Waals surface area contributed by atoms with Gasteiger partial charge in [-0.1, -0.05) is 12.1 Å². The number of piperidine rings is 1. The molecule has 3 N–H and O–H groups in total. The molecule has 5 nitrogen and oxygen atoms in total. The minimum atomic E-state index is -0.240. The zero-order valence-electron chi connectivity index (χ0n) is 13.3. The van der Waals surface area contributed by atoms with Crippen molar-refractivity contribution in [1.29, 1.82) is 0 Å². The van der Waals surface area contributed by atoms with Gasteiger partial charge in [-0.2, -0.15) is 0 Å². The maximum Gasteiger partial charge on any atom is 0.258 e. The Bertz CT molecular complexity index is 658. The van der Waals surface area contributed by atoms with E-state index in [2.05, 4.69) is 15.2 Å². The number of hydrogen-bond acceptors (Lipinski definition) is 4. The number of nitrogens with one attached hydrogen (secondary N) is 1. The second kappa shape index (κ2) is 9.35. The normalized spacial score (nSPS) is 13.4. The maximum atomic E-state index is 12.2. The van der Waals surface area contributed by atoms with Crippen LogP contribution in [0, 0.1) is 0 Å². The van der Waals surface area contributed by atoms with E-state index in [0.29, 0.717) is 17.1 Å². The monoisotopic (exact) mass is 368 g/mol. The van der Waals surface area contributed by atoms with Crippen LogP contribution in [0.15, 0.2) is 42.6 Å². The molecule has 1 fully saturated rings. The highest BCUT2D eigenvalue weighted by molar-refractivity contribution is 6.07. The number of aromatic nitrogens is 1. The summed E-state index contributed by atoms with van der Waals surface area (Å²) in [6.45, 7) is 2.15. The van der Waals surface area contributed by atoms with Crippen molar-refractivity contribution >= 4 is 47.9 Å². The Kier molecular flexibility index (Phi) is 7.82. The van der Waals surface area contributed by atoms with Crippen LogP contribution in [0.1, 0.15) is 29.6 Å². The van der Waals surface area contributed by atoms with Crippen molar-refractivity contribution in [2.24, 2.45) is 0 Å². The first-order valence-electron chi connectivity index (χ1n) is 7.61. The molecule has 2 aromatic rings. The smallest absolute Gasteiger partial charge is 0.258 e. The molecule has 2 heterocycles. The van der Waals surface area contributed by atoms with E-state index in [1.807, 2.05) is 18.3 Å². The first-order chi connectivity index (χ1) is 10.7. The average Bonchev–Trinajstić information content (AvgIpc) is 2.57. The van der Waals surface area contributed by atoms with Gasteiger partial charge in [0.15, 0.2) is 0 Å². The Labute approximate surface area is 154 Å². The lowest BCUT2D eigenvalue weighted by Crippen LogP contribution is -2.29. The van der Waals surface area contributed by atoms with Gasteiger partial charge in [-0.25, -0.2) is 4.98 Å². The van der Waals surface area contributed by atoms with Gasteiger partial charge in [0.1, 0.15) is 5.82 Å². The van der Waals surface area contributed by atoms with E-state index in [0.717, 1.165) is 18.8 Å². The fraction of sp³-hybridized carbons (Fsp3) is 0.294. The van der Waals surface area contributed by atoms with Gasteiger partial charge in [-0.3, -0.25) is 4.79 Å². The highest BCUT2D eigenvalue weighted by Crippen LogP contribution is 2.20. The van der Waals surface area contributed by atoms with E-state index in [4.69, 9.17) is 5.73 Å². The van der Waals surface area contributed by atoms with Gasteiger partial charge in [0.05, 0.1) is 17.4 Å². The third kappa shape index (κ3) is 4.76. The molecule has 0 bridgehead atoms. The zero-order valence-corrected chi connectivity index (χ0v) is 14.9. The molecule has 0 unspecified atom stereocenters. The number of nitrogen functional groups attached to an aromatic ring is 1. The third-order valence-electron chi connectivity index (χ3n) is 3.92. The summed E-state index contributed by atoms with van der Waals surface area (Å²) in [7, 11) is 0. The number of rotatable bonds is 3. The molecule has 7 heteroatoms. The molecule has 1 aliphatic rings. The predicted molar refractivity (Wildman–Crippen MR) is 104 cm³/mol. The first-order valence-corrected chi connectivity index (χ1v) is 7.61. The maximum absolute atomic E-state index is 12.2. The van der Waals surface area contributed by atoms with Crippen LogP contribution in [0.5, 0.6) is 0 Å². The number of pyridine rings is 1. The number of hydrogen-bond donors (Lipinski definition) is 2. The second-order valence-electron chi connectivity index (χ2n) is 5.49. The lowest BCUT2D eigenvalue weighted by Gasteiger charge is -2.28. The minimum absolute atomic E-state index is 0. The van der Waals surface area contributed by atoms with Crippen LogP contribution < -0.4 is 16.0 Å². The van der Waals surface area contributed by atoms with Gasteiger partial charge in [-0.15, -0.1) is 24.8 Å². The van der Waals surface area contributed by atoms with Gasteiger partial charge >= 0.3 is 0 Å². The van der Waals surface area contributed by atoms with Gasteiger partial charge < -0.3 is 16.0 Å². The Balaban J connectivity index is 0.00000144. The first kappa shape index (κ1) is 20.1. The van der Waals surface area contributed by atoms with Crippen molar-refractivity contribution in [3.8, 4) is 0 Å². The molecule has 1 aromatic carbocycles. The molecule has 0 radical (unpaired) electrons. The van der Waals surface area contributed by atoms with Crippen LogP contribution in [0.25, 0.3) is 0 Å². The summed E-state index contributed by atoms with van der Waals surface area (Å²) in [6.07, 6.45) is 5.57. The highest BCUT2D eigenvalue weighted by Gasteiger charge is 2.12. The predicted octanol–water partition coefficient (Wildman–Crippen LogP) is 3.75. The van der Waals surface area contributed by atoms with Crippen LogP contribution in [-0.2, 0) is 0 Å². The number of nitrogens with two attached hydrogens (primary N) is 1.